The molecule has 28 heavy (non-hydrogen) atoms. The van der Waals surface area contributed by atoms with Crippen LogP contribution in [0.5, 0.6) is 5.75 Å². The molecule has 1 nitrogen and oxygen atoms in total. The fraction of sp³-hybridized carbons (Fsp3) is 0.556. The summed E-state index contributed by atoms with van der Waals surface area (Å²) in [4.78, 5) is 0. The van der Waals surface area contributed by atoms with Gasteiger partial charge in [0.1, 0.15) is 5.75 Å². The summed E-state index contributed by atoms with van der Waals surface area (Å²) in [6, 6.07) is 8.05. The molecule has 0 radical (unpaired) electrons. The highest BCUT2D eigenvalue weighted by Crippen LogP contribution is 2.29. The molecule has 0 bridgehead atoms. The van der Waals surface area contributed by atoms with Gasteiger partial charge in [-0.1, -0.05) is 69.6 Å². The van der Waals surface area contributed by atoms with E-state index in [2.05, 4.69) is 37.5 Å². The van der Waals surface area contributed by atoms with Gasteiger partial charge in [-0.25, -0.2) is 0 Å². The second-order valence-corrected chi connectivity index (χ2v) is 7.80. The van der Waals surface area contributed by atoms with Gasteiger partial charge in [0.05, 0.1) is 6.61 Å². The van der Waals surface area contributed by atoms with Crippen LogP contribution in [0.1, 0.15) is 83.6 Å². The van der Waals surface area contributed by atoms with Gasteiger partial charge in [0, 0.05) is 11.5 Å². The number of hydrogen-bond acceptors (Lipinski definition) is 1. The number of hydrogen-bond donors (Lipinski definition) is 0. The molecule has 0 aromatic heterocycles. The van der Waals surface area contributed by atoms with E-state index in [-0.39, 0.29) is 0 Å². The van der Waals surface area contributed by atoms with Crippen molar-refractivity contribution >= 4 is 0 Å². The predicted octanol–water partition coefficient (Wildman–Crippen LogP) is 7.16. The molecule has 1 aromatic rings. The lowest BCUT2D eigenvalue weighted by molar-refractivity contribution is 0.304. The van der Waals surface area contributed by atoms with Crippen LogP contribution in [0, 0.1) is 35.5 Å². The Bertz CT molecular complexity index is 682. The SMILES string of the molecule is CCCCCCCOc1ccc(C#C/C=C/C#C[C@H]2CC[C@H](CC)CC2)cc1. The molecule has 2 rings (SSSR count). The van der Waals surface area contributed by atoms with Crippen molar-refractivity contribution in [2.45, 2.75) is 78.1 Å². The largest absolute Gasteiger partial charge is 0.494 e. The Morgan fingerprint density at radius 1 is 0.893 bits per heavy atom. The van der Waals surface area contributed by atoms with E-state index in [4.69, 9.17) is 4.74 Å². The monoisotopic (exact) mass is 376 g/mol. The zero-order chi connectivity index (χ0) is 19.9. The molecule has 0 spiro atoms. The maximum atomic E-state index is 5.79. The van der Waals surface area contributed by atoms with Crippen LogP contribution in [0.3, 0.4) is 0 Å². The summed E-state index contributed by atoms with van der Waals surface area (Å²) < 4.78 is 5.79. The Kier molecular flexibility index (Phi) is 11.1. The molecule has 0 N–H and O–H groups in total. The second kappa shape index (κ2) is 14.0. The van der Waals surface area contributed by atoms with E-state index < -0.39 is 0 Å². The molecule has 0 saturated heterocycles. The van der Waals surface area contributed by atoms with Crippen LogP contribution in [0.2, 0.25) is 0 Å². The first kappa shape index (κ1) is 22.2. The lowest BCUT2D eigenvalue weighted by atomic mass is 9.81. The van der Waals surface area contributed by atoms with E-state index in [9.17, 15) is 0 Å². The fourth-order valence-corrected chi connectivity index (χ4v) is 3.62. The predicted molar refractivity (Wildman–Crippen MR) is 120 cm³/mol. The second-order valence-electron chi connectivity index (χ2n) is 7.80. The van der Waals surface area contributed by atoms with Crippen LogP contribution in [-0.4, -0.2) is 6.61 Å². The summed E-state index contributed by atoms with van der Waals surface area (Å²) in [6.45, 7) is 5.34. The molecule has 1 heteroatoms. The molecule has 0 unspecified atom stereocenters. The van der Waals surface area contributed by atoms with Crippen molar-refractivity contribution in [2.24, 2.45) is 11.8 Å². The van der Waals surface area contributed by atoms with E-state index in [1.165, 1.54) is 57.8 Å². The normalized spacial score (nSPS) is 18.8. The molecule has 1 aliphatic rings. The van der Waals surface area contributed by atoms with Crippen molar-refractivity contribution in [1.82, 2.24) is 0 Å². The smallest absolute Gasteiger partial charge is 0.119 e. The molecule has 1 fully saturated rings. The molecule has 0 atom stereocenters. The van der Waals surface area contributed by atoms with Crippen LogP contribution < -0.4 is 4.74 Å². The quantitative estimate of drug-likeness (QED) is 0.345. The van der Waals surface area contributed by atoms with Gasteiger partial charge in [-0.3, -0.25) is 0 Å². The Morgan fingerprint density at radius 2 is 1.61 bits per heavy atom. The number of benzene rings is 1. The van der Waals surface area contributed by atoms with E-state index in [0.29, 0.717) is 5.92 Å². The zero-order valence-corrected chi connectivity index (χ0v) is 17.8. The molecule has 1 saturated carbocycles. The lowest BCUT2D eigenvalue weighted by Gasteiger charge is -2.24. The Hall–Kier alpha value is -2.12. The van der Waals surface area contributed by atoms with E-state index in [1.54, 1.807) is 0 Å². The average molecular weight is 377 g/mol. The van der Waals surface area contributed by atoms with Gasteiger partial charge < -0.3 is 4.74 Å². The maximum absolute atomic E-state index is 5.79. The van der Waals surface area contributed by atoms with Crippen molar-refractivity contribution in [2.75, 3.05) is 6.61 Å². The summed E-state index contributed by atoms with van der Waals surface area (Å²) in [5.74, 6) is 15.2. The van der Waals surface area contributed by atoms with Crippen molar-refractivity contribution in [3.63, 3.8) is 0 Å². The van der Waals surface area contributed by atoms with E-state index in [0.717, 1.165) is 30.3 Å². The maximum Gasteiger partial charge on any atom is 0.119 e. The van der Waals surface area contributed by atoms with Gasteiger partial charge in [-0.15, -0.1) is 0 Å². The van der Waals surface area contributed by atoms with Crippen molar-refractivity contribution in [3.05, 3.63) is 42.0 Å². The Morgan fingerprint density at radius 3 is 2.32 bits per heavy atom. The molecule has 0 amide bonds. The van der Waals surface area contributed by atoms with Gasteiger partial charge in [-0.05, 0) is 74.4 Å². The molecule has 0 aliphatic heterocycles. The highest BCUT2D eigenvalue weighted by Gasteiger charge is 2.17. The van der Waals surface area contributed by atoms with Crippen molar-refractivity contribution in [1.29, 1.82) is 0 Å². The number of rotatable bonds is 8. The van der Waals surface area contributed by atoms with E-state index >= 15 is 0 Å². The van der Waals surface area contributed by atoms with Crippen LogP contribution in [0.25, 0.3) is 0 Å². The molecule has 1 aromatic carbocycles. The standard InChI is InChI=1S/C27H36O/c1-3-5-6-9-12-23-28-27-21-19-26(20-22-27)14-11-8-7-10-13-25-17-15-24(4-2)16-18-25/h7-8,19-22,24-25H,3-6,9,12,15-18,23H2,1-2H3/b8-7+/t24-,25-. The minimum absolute atomic E-state index is 0.583. The van der Waals surface area contributed by atoms with Gasteiger partial charge in [-0.2, -0.15) is 0 Å². The van der Waals surface area contributed by atoms with Gasteiger partial charge in [0.2, 0.25) is 0 Å². The minimum atomic E-state index is 0.583. The fourth-order valence-electron chi connectivity index (χ4n) is 3.62. The zero-order valence-electron chi connectivity index (χ0n) is 17.8. The highest BCUT2D eigenvalue weighted by atomic mass is 16.5. The first-order valence-electron chi connectivity index (χ1n) is 11.2. The topological polar surface area (TPSA) is 9.23 Å². The van der Waals surface area contributed by atoms with Gasteiger partial charge >= 0.3 is 0 Å². The molecular weight excluding hydrogens is 340 g/mol. The number of unbranched alkanes of at least 4 members (excludes halogenated alkanes) is 4. The molecular formula is C27H36O. The number of allylic oxidation sites excluding steroid dienone is 2. The number of ether oxygens (including phenoxy) is 1. The summed E-state index contributed by atoms with van der Waals surface area (Å²) in [7, 11) is 0. The van der Waals surface area contributed by atoms with Crippen LogP contribution >= 0.6 is 0 Å². The first-order chi connectivity index (χ1) is 13.8. The third-order valence-electron chi connectivity index (χ3n) is 5.55. The van der Waals surface area contributed by atoms with Gasteiger partial charge in [0.15, 0.2) is 0 Å². The third-order valence-corrected chi connectivity index (χ3v) is 5.55. The summed E-state index contributed by atoms with van der Waals surface area (Å²) in [5.41, 5.74) is 1.01. The van der Waals surface area contributed by atoms with Crippen molar-refractivity contribution in [3.8, 4) is 29.4 Å². The Balaban J connectivity index is 1.67. The minimum Gasteiger partial charge on any atom is -0.494 e. The van der Waals surface area contributed by atoms with Gasteiger partial charge in [0.25, 0.3) is 0 Å². The first-order valence-corrected chi connectivity index (χ1v) is 11.2. The summed E-state index contributed by atoms with van der Waals surface area (Å²) >= 11 is 0. The summed E-state index contributed by atoms with van der Waals surface area (Å²) in [5, 5.41) is 0. The molecule has 0 heterocycles. The highest BCUT2D eigenvalue weighted by molar-refractivity contribution is 5.40. The summed E-state index contributed by atoms with van der Waals surface area (Å²) in [6.07, 6.45) is 16.6. The van der Waals surface area contributed by atoms with Crippen LogP contribution in [0.4, 0.5) is 0 Å². The molecule has 150 valence electrons. The lowest BCUT2D eigenvalue weighted by Crippen LogP contribution is -2.12. The van der Waals surface area contributed by atoms with Crippen LogP contribution in [0.15, 0.2) is 36.4 Å². The van der Waals surface area contributed by atoms with E-state index in [1.807, 2.05) is 36.4 Å². The third kappa shape index (κ3) is 9.19. The van der Waals surface area contributed by atoms with Crippen LogP contribution in [-0.2, 0) is 0 Å². The Labute approximate surface area is 173 Å². The molecule has 1 aliphatic carbocycles. The average Bonchev–Trinajstić information content (AvgIpc) is 2.74. The van der Waals surface area contributed by atoms with Crippen molar-refractivity contribution < 1.29 is 4.74 Å².